The third-order valence-electron chi connectivity index (χ3n) is 14.4. The molecule has 0 fully saturated rings. The van der Waals surface area contributed by atoms with E-state index in [0.29, 0.717) is 0 Å². The lowest BCUT2D eigenvalue weighted by atomic mass is 9.93. The van der Waals surface area contributed by atoms with Crippen LogP contribution in [0.4, 0.5) is 17.1 Å². The van der Waals surface area contributed by atoms with Crippen molar-refractivity contribution in [3.8, 4) is 50.2 Å². The Hall–Kier alpha value is -9.44. The van der Waals surface area contributed by atoms with Crippen LogP contribution in [0.2, 0.25) is 0 Å². The molecular weight excluding hydrogens is 861 g/mol. The molecule has 0 aliphatic carbocycles. The van der Waals surface area contributed by atoms with E-state index in [-0.39, 0.29) is 0 Å². The fourth-order valence-electron chi connectivity index (χ4n) is 11.0. The van der Waals surface area contributed by atoms with Crippen molar-refractivity contribution in [3.05, 3.63) is 267 Å². The molecule has 71 heavy (non-hydrogen) atoms. The van der Waals surface area contributed by atoms with Gasteiger partial charge < -0.3 is 13.9 Å². The maximum absolute atomic E-state index is 6.34. The Balaban J connectivity index is 0.836. The average Bonchev–Trinajstić information content (AvgIpc) is 4.00. The number of aromatic nitrogens is 1. The van der Waals surface area contributed by atoms with Crippen LogP contribution in [-0.2, 0) is 0 Å². The van der Waals surface area contributed by atoms with E-state index in [1.54, 1.807) is 0 Å². The first-order valence-corrected chi connectivity index (χ1v) is 24.3. The van der Waals surface area contributed by atoms with Crippen molar-refractivity contribution in [2.24, 2.45) is 0 Å². The maximum Gasteiger partial charge on any atom is 0.136 e. The van der Waals surface area contributed by atoms with Crippen molar-refractivity contribution >= 4 is 82.4 Å². The summed E-state index contributed by atoms with van der Waals surface area (Å²) in [5.41, 5.74) is 17.9. The van der Waals surface area contributed by atoms with Crippen LogP contribution >= 0.6 is 0 Å². The molecule has 0 N–H and O–H groups in total. The molecule has 14 aromatic rings. The predicted molar refractivity (Wildman–Crippen MR) is 299 cm³/mol. The van der Waals surface area contributed by atoms with Gasteiger partial charge in [0.1, 0.15) is 11.2 Å². The Morgan fingerprint density at radius 2 is 0.803 bits per heavy atom. The first kappa shape index (κ1) is 40.6. The van der Waals surface area contributed by atoms with E-state index in [1.807, 2.05) is 12.1 Å². The molecule has 0 aliphatic rings. The van der Waals surface area contributed by atoms with Crippen LogP contribution in [0.15, 0.2) is 271 Å². The summed E-state index contributed by atoms with van der Waals surface area (Å²) in [7, 11) is 0. The molecule has 0 atom stereocenters. The third kappa shape index (κ3) is 6.89. The van der Waals surface area contributed by atoms with E-state index in [1.165, 1.54) is 71.2 Å². The molecule has 0 saturated carbocycles. The van der Waals surface area contributed by atoms with E-state index in [9.17, 15) is 0 Å². The van der Waals surface area contributed by atoms with Crippen molar-refractivity contribution in [3.63, 3.8) is 0 Å². The standard InChI is InChI=1S/C68H44N2O/c1-2-19-56-51(14-1)44-63(59-21-4-3-20-58(56)59)47-34-40-53(41-35-47)69(55-18-12-17-50(43-55)57-25-13-29-67-68(57)62-24-7-10-28-66(62)71-67)52-36-30-45(31-37-52)48-15-11-16-49(42-48)46-32-38-54(39-33-46)70-64-26-8-5-22-60(64)61-23-6-9-27-65(61)70/h1-44H. The summed E-state index contributed by atoms with van der Waals surface area (Å²) in [6.45, 7) is 0. The zero-order chi connectivity index (χ0) is 46.8. The summed E-state index contributed by atoms with van der Waals surface area (Å²) < 4.78 is 8.71. The Kier molecular flexibility index (Phi) is 9.53. The summed E-state index contributed by atoms with van der Waals surface area (Å²) in [5.74, 6) is 0. The number of furan rings is 1. The summed E-state index contributed by atoms with van der Waals surface area (Å²) in [5, 5.41) is 9.81. The highest BCUT2D eigenvalue weighted by atomic mass is 16.3. The lowest BCUT2D eigenvalue weighted by Crippen LogP contribution is -2.10. The SMILES string of the molecule is c1cc(-c2ccc(N(c3ccc(-c4cc5ccccc5c5ccccc45)cc3)c3cccc(-c4cccc5oc6ccccc6c45)c3)cc2)cc(-c2ccc(-n3c4ccccc4c4ccccc43)cc2)c1. The first-order chi connectivity index (χ1) is 35.2. The van der Waals surface area contributed by atoms with Crippen molar-refractivity contribution in [1.29, 1.82) is 0 Å². The van der Waals surface area contributed by atoms with Gasteiger partial charge in [0.05, 0.1) is 11.0 Å². The van der Waals surface area contributed by atoms with E-state index in [0.717, 1.165) is 61.4 Å². The minimum absolute atomic E-state index is 0.888. The Morgan fingerprint density at radius 3 is 1.51 bits per heavy atom. The van der Waals surface area contributed by atoms with Gasteiger partial charge in [-0.2, -0.15) is 0 Å². The third-order valence-corrected chi connectivity index (χ3v) is 14.4. The highest BCUT2D eigenvalue weighted by Gasteiger charge is 2.18. The largest absolute Gasteiger partial charge is 0.456 e. The molecule has 0 saturated heterocycles. The lowest BCUT2D eigenvalue weighted by Gasteiger charge is -2.26. The van der Waals surface area contributed by atoms with Crippen LogP contribution in [0.5, 0.6) is 0 Å². The monoisotopic (exact) mass is 904 g/mol. The van der Waals surface area contributed by atoms with Crippen LogP contribution in [0.25, 0.3) is 115 Å². The van der Waals surface area contributed by atoms with Crippen molar-refractivity contribution in [2.75, 3.05) is 4.90 Å². The van der Waals surface area contributed by atoms with Gasteiger partial charge in [-0.3, -0.25) is 0 Å². The van der Waals surface area contributed by atoms with Gasteiger partial charge in [-0.1, -0.05) is 182 Å². The number of fused-ring (bicyclic) bond motifs is 9. The lowest BCUT2D eigenvalue weighted by molar-refractivity contribution is 0.669. The smallest absolute Gasteiger partial charge is 0.136 e. The normalized spacial score (nSPS) is 11.7. The summed E-state index contributed by atoms with van der Waals surface area (Å²) in [4.78, 5) is 2.37. The Labute approximate surface area is 411 Å². The molecular formula is C68H44N2O. The fourth-order valence-corrected chi connectivity index (χ4v) is 11.0. The van der Waals surface area contributed by atoms with Gasteiger partial charge in [0.2, 0.25) is 0 Å². The minimum Gasteiger partial charge on any atom is -0.456 e. The molecule has 14 rings (SSSR count). The van der Waals surface area contributed by atoms with Gasteiger partial charge in [-0.05, 0) is 151 Å². The van der Waals surface area contributed by atoms with E-state index in [4.69, 9.17) is 4.42 Å². The van der Waals surface area contributed by atoms with Gasteiger partial charge in [0, 0.05) is 44.3 Å². The molecule has 12 aromatic carbocycles. The highest BCUT2D eigenvalue weighted by Crippen LogP contribution is 2.43. The fraction of sp³-hybridized carbons (Fsp3) is 0. The van der Waals surface area contributed by atoms with Crippen molar-refractivity contribution in [2.45, 2.75) is 0 Å². The number of rotatable bonds is 8. The number of hydrogen-bond acceptors (Lipinski definition) is 2. The number of benzene rings is 12. The molecule has 0 bridgehead atoms. The second kappa shape index (κ2) is 16.7. The molecule has 3 heteroatoms. The van der Waals surface area contributed by atoms with E-state index < -0.39 is 0 Å². The summed E-state index contributed by atoms with van der Waals surface area (Å²) >= 11 is 0. The molecule has 2 aromatic heterocycles. The number of hydrogen-bond donors (Lipinski definition) is 0. The van der Waals surface area contributed by atoms with Crippen molar-refractivity contribution < 1.29 is 4.42 Å². The number of nitrogens with zero attached hydrogens (tertiary/aromatic N) is 2. The molecule has 0 unspecified atom stereocenters. The zero-order valence-corrected chi connectivity index (χ0v) is 38.7. The van der Waals surface area contributed by atoms with Gasteiger partial charge in [-0.25, -0.2) is 0 Å². The van der Waals surface area contributed by atoms with Crippen LogP contribution in [0.3, 0.4) is 0 Å². The molecule has 332 valence electrons. The van der Waals surface area contributed by atoms with Gasteiger partial charge >= 0.3 is 0 Å². The molecule has 0 spiro atoms. The van der Waals surface area contributed by atoms with Gasteiger partial charge in [-0.15, -0.1) is 0 Å². The van der Waals surface area contributed by atoms with Gasteiger partial charge in [0.15, 0.2) is 0 Å². The second-order valence-electron chi connectivity index (χ2n) is 18.4. The Morgan fingerprint density at radius 1 is 0.282 bits per heavy atom. The first-order valence-electron chi connectivity index (χ1n) is 24.3. The summed E-state index contributed by atoms with van der Waals surface area (Å²) in [6.07, 6.45) is 0. The highest BCUT2D eigenvalue weighted by molar-refractivity contribution is 6.15. The Bertz CT molecular complexity index is 4280. The second-order valence-corrected chi connectivity index (χ2v) is 18.4. The number of para-hydroxylation sites is 3. The topological polar surface area (TPSA) is 21.3 Å². The molecule has 2 heterocycles. The zero-order valence-electron chi connectivity index (χ0n) is 38.7. The van der Waals surface area contributed by atoms with Crippen molar-refractivity contribution in [1.82, 2.24) is 4.57 Å². The minimum atomic E-state index is 0.888. The summed E-state index contributed by atoms with van der Waals surface area (Å²) in [6, 6.07) is 96.7. The molecule has 0 amide bonds. The van der Waals surface area contributed by atoms with Gasteiger partial charge in [0.25, 0.3) is 0 Å². The van der Waals surface area contributed by atoms with Crippen LogP contribution in [0.1, 0.15) is 0 Å². The van der Waals surface area contributed by atoms with E-state index in [2.05, 4.69) is 264 Å². The average molecular weight is 905 g/mol. The van der Waals surface area contributed by atoms with Crippen LogP contribution < -0.4 is 4.90 Å². The van der Waals surface area contributed by atoms with Crippen LogP contribution in [0, 0.1) is 0 Å². The molecule has 0 aliphatic heterocycles. The maximum atomic E-state index is 6.34. The van der Waals surface area contributed by atoms with E-state index >= 15 is 0 Å². The molecule has 3 nitrogen and oxygen atoms in total. The molecule has 0 radical (unpaired) electrons. The van der Waals surface area contributed by atoms with Crippen LogP contribution in [-0.4, -0.2) is 4.57 Å². The number of anilines is 3. The quantitative estimate of drug-likeness (QED) is 0.142. The predicted octanol–water partition coefficient (Wildman–Crippen LogP) is 19.1.